The smallest absolute Gasteiger partial charge is 0.255 e. The summed E-state index contributed by atoms with van der Waals surface area (Å²) in [5, 5.41) is 8.56. The molecule has 0 spiro atoms. The molecule has 2 unspecified atom stereocenters. The fourth-order valence-corrected chi connectivity index (χ4v) is 4.95. The molecule has 1 fully saturated rings. The van der Waals surface area contributed by atoms with Crippen LogP contribution >= 0.6 is 0 Å². The highest BCUT2D eigenvalue weighted by Gasteiger charge is 2.42. The third-order valence-corrected chi connectivity index (χ3v) is 7.08. The van der Waals surface area contributed by atoms with Crippen LogP contribution in [0.15, 0.2) is 60.2 Å². The van der Waals surface area contributed by atoms with E-state index in [-0.39, 0.29) is 23.8 Å². The van der Waals surface area contributed by atoms with Gasteiger partial charge in [-0.3, -0.25) is 14.6 Å². The number of hydrogen-bond donors (Lipinski definition) is 1. The number of carbonyl (C=O) groups excluding carboxylic acids is 3. The van der Waals surface area contributed by atoms with Gasteiger partial charge in [0.25, 0.3) is 5.91 Å². The van der Waals surface area contributed by atoms with Crippen LogP contribution in [0.1, 0.15) is 53.7 Å². The molecule has 4 rings (SSSR count). The molecule has 2 heterocycles. The molecule has 2 aromatic rings. The first kappa shape index (κ1) is 28.8. The van der Waals surface area contributed by atoms with Crippen molar-refractivity contribution in [3.8, 4) is 0 Å². The van der Waals surface area contributed by atoms with Gasteiger partial charge in [-0.25, -0.2) is 0 Å². The Bertz CT molecular complexity index is 1160. The van der Waals surface area contributed by atoms with Crippen molar-refractivity contribution < 1.29 is 14.4 Å². The number of hydrogen-bond acceptors (Lipinski definition) is 6. The number of hydrazone groups is 1. The quantitative estimate of drug-likeness (QED) is 0.311. The molecule has 0 aliphatic carbocycles. The standard InChI is InChI=1S/C18H22N2O3.C12H17N3/c1-12(2)16(18(23)19-9-5-7-14(19)11-21)20-10-13-6-3-4-8-15(13)17(20)22;1-10(15(4)14-3)12-7-5-11(6-8-12)9-13-2/h3-4,6,8,11-12,14,16H,5,7,9-10H2,1-2H3;5-8,13H,1,3,9H2,2,4H3. The number of nitrogens with one attached hydrogen (secondary N) is 1. The molecule has 202 valence electrons. The summed E-state index contributed by atoms with van der Waals surface area (Å²) < 4.78 is 0. The van der Waals surface area contributed by atoms with Gasteiger partial charge in [0, 0.05) is 39.0 Å². The van der Waals surface area contributed by atoms with Crippen LogP contribution in [0.5, 0.6) is 0 Å². The van der Waals surface area contributed by atoms with E-state index in [1.807, 2.05) is 64.3 Å². The number of rotatable bonds is 9. The van der Waals surface area contributed by atoms with E-state index >= 15 is 0 Å². The van der Waals surface area contributed by atoms with Crippen molar-refractivity contribution in [3.63, 3.8) is 0 Å². The number of amides is 2. The Labute approximate surface area is 226 Å². The van der Waals surface area contributed by atoms with Gasteiger partial charge in [-0.05, 0) is 48.6 Å². The van der Waals surface area contributed by atoms with Gasteiger partial charge in [-0.1, -0.05) is 62.9 Å². The number of carbonyl (C=O) groups is 3. The molecule has 2 aromatic carbocycles. The van der Waals surface area contributed by atoms with Gasteiger partial charge in [0.15, 0.2) is 0 Å². The highest BCUT2D eigenvalue weighted by Crippen LogP contribution is 2.29. The summed E-state index contributed by atoms with van der Waals surface area (Å²) in [6, 6.07) is 14.9. The zero-order valence-corrected chi connectivity index (χ0v) is 22.9. The van der Waals surface area contributed by atoms with Crippen molar-refractivity contribution in [2.75, 3.05) is 20.6 Å². The lowest BCUT2D eigenvalue weighted by atomic mass is 10.0. The monoisotopic (exact) mass is 517 g/mol. The molecule has 0 radical (unpaired) electrons. The summed E-state index contributed by atoms with van der Waals surface area (Å²) in [6.07, 6.45) is 2.41. The van der Waals surface area contributed by atoms with Gasteiger partial charge in [-0.15, -0.1) is 0 Å². The minimum Gasteiger partial charge on any atom is -0.331 e. The molecule has 0 aromatic heterocycles. The molecule has 2 amide bonds. The molecule has 0 bridgehead atoms. The maximum absolute atomic E-state index is 13.0. The highest BCUT2D eigenvalue weighted by atomic mass is 16.2. The maximum Gasteiger partial charge on any atom is 0.255 e. The molecule has 38 heavy (non-hydrogen) atoms. The van der Waals surface area contributed by atoms with Crippen molar-refractivity contribution in [3.05, 3.63) is 77.4 Å². The number of aldehydes is 1. The van der Waals surface area contributed by atoms with Crippen LogP contribution in [0.3, 0.4) is 0 Å². The van der Waals surface area contributed by atoms with Crippen molar-refractivity contribution in [2.24, 2.45) is 11.0 Å². The lowest BCUT2D eigenvalue weighted by Crippen LogP contribution is -2.52. The zero-order chi connectivity index (χ0) is 27.8. The zero-order valence-electron chi connectivity index (χ0n) is 22.9. The number of benzene rings is 2. The lowest BCUT2D eigenvalue weighted by molar-refractivity contribution is -0.140. The van der Waals surface area contributed by atoms with Gasteiger partial charge >= 0.3 is 0 Å². The first-order chi connectivity index (χ1) is 18.2. The summed E-state index contributed by atoms with van der Waals surface area (Å²) >= 11 is 0. The fourth-order valence-electron chi connectivity index (χ4n) is 4.95. The third kappa shape index (κ3) is 6.37. The molecular weight excluding hydrogens is 478 g/mol. The van der Waals surface area contributed by atoms with Crippen LogP contribution in [-0.4, -0.2) is 72.4 Å². The first-order valence-corrected chi connectivity index (χ1v) is 13.0. The van der Waals surface area contributed by atoms with E-state index in [4.69, 9.17) is 0 Å². The molecule has 8 nitrogen and oxygen atoms in total. The number of likely N-dealkylation sites (tertiary alicyclic amines) is 1. The first-order valence-electron chi connectivity index (χ1n) is 13.0. The van der Waals surface area contributed by atoms with Gasteiger partial charge < -0.3 is 19.9 Å². The van der Waals surface area contributed by atoms with E-state index in [1.165, 1.54) is 5.56 Å². The molecule has 2 atom stereocenters. The Morgan fingerprint density at radius 3 is 2.47 bits per heavy atom. The molecule has 2 aliphatic heterocycles. The van der Waals surface area contributed by atoms with Gasteiger partial charge in [0.05, 0.1) is 11.7 Å². The second-order valence-corrected chi connectivity index (χ2v) is 10.00. The SMILES string of the molecule is C=NN(C)C(=C)c1ccc(CNC)cc1.CC(C)C(C(=O)N1CCCC1C=O)N1Cc2ccccc2C1=O. The summed E-state index contributed by atoms with van der Waals surface area (Å²) in [4.78, 5) is 40.2. The topological polar surface area (TPSA) is 85.3 Å². The summed E-state index contributed by atoms with van der Waals surface area (Å²) in [6.45, 7) is 13.2. The Hall–Kier alpha value is -3.78. The van der Waals surface area contributed by atoms with Crippen molar-refractivity contribution in [1.29, 1.82) is 0 Å². The van der Waals surface area contributed by atoms with Crippen molar-refractivity contribution in [2.45, 2.75) is 51.9 Å². The van der Waals surface area contributed by atoms with Gasteiger partial charge in [0.2, 0.25) is 5.91 Å². The molecule has 2 aliphatic rings. The predicted molar refractivity (Wildman–Crippen MR) is 151 cm³/mol. The van der Waals surface area contributed by atoms with Gasteiger partial charge in [0.1, 0.15) is 12.3 Å². The minimum absolute atomic E-state index is 0.00587. The molecular formula is C30H39N5O3. The van der Waals surface area contributed by atoms with Crippen LogP contribution in [0.4, 0.5) is 0 Å². The van der Waals surface area contributed by atoms with Crippen LogP contribution in [-0.2, 0) is 22.7 Å². The Morgan fingerprint density at radius 1 is 1.21 bits per heavy atom. The summed E-state index contributed by atoms with van der Waals surface area (Å²) in [5.41, 5.74) is 4.80. The van der Waals surface area contributed by atoms with Crippen molar-refractivity contribution in [1.82, 2.24) is 20.1 Å². The lowest BCUT2D eigenvalue weighted by Gasteiger charge is -2.34. The predicted octanol–water partition coefficient (Wildman–Crippen LogP) is 3.78. The number of nitrogens with zero attached hydrogens (tertiary/aromatic N) is 4. The van der Waals surface area contributed by atoms with E-state index in [0.29, 0.717) is 25.1 Å². The molecule has 1 saturated heterocycles. The minimum atomic E-state index is -0.518. The molecule has 8 heteroatoms. The second-order valence-electron chi connectivity index (χ2n) is 10.00. The fraction of sp³-hybridized carbons (Fsp3) is 0.400. The normalized spacial score (nSPS) is 17.0. The third-order valence-electron chi connectivity index (χ3n) is 7.08. The molecule has 0 saturated carbocycles. The van der Waals surface area contributed by atoms with Crippen LogP contribution < -0.4 is 5.32 Å². The Balaban J connectivity index is 0.000000232. The van der Waals surface area contributed by atoms with Gasteiger partial charge in [-0.2, -0.15) is 5.10 Å². The average Bonchev–Trinajstić information content (AvgIpc) is 3.53. The van der Waals surface area contributed by atoms with E-state index < -0.39 is 6.04 Å². The number of fused-ring (bicyclic) bond motifs is 1. The van der Waals surface area contributed by atoms with E-state index in [0.717, 1.165) is 36.1 Å². The van der Waals surface area contributed by atoms with Crippen LogP contribution in [0, 0.1) is 5.92 Å². The van der Waals surface area contributed by atoms with Crippen LogP contribution in [0.25, 0.3) is 5.70 Å². The molecule has 1 N–H and O–H groups in total. The summed E-state index contributed by atoms with van der Waals surface area (Å²) in [7, 11) is 3.76. The van der Waals surface area contributed by atoms with E-state index in [2.05, 4.69) is 35.8 Å². The Morgan fingerprint density at radius 2 is 1.89 bits per heavy atom. The average molecular weight is 518 g/mol. The summed E-state index contributed by atoms with van der Waals surface area (Å²) in [5.74, 6) is -0.195. The van der Waals surface area contributed by atoms with E-state index in [9.17, 15) is 14.4 Å². The highest BCUT2D eigenvalue weighted by molar-refractivity contribution is 6.01. The second kappa shape index (κ2) is 13.1. The van der Waals surface area contributed by atoms with E-state index in [1.54, 1.807) is 14.8 Å². The Kier molecular flexibility index (Phi) is 9.96. The largest absolute Gasteiger partial charge is 0.331 e. The van der Waals surface area contributed by atoms with Crippen LogP contribution in [0.2, 0.25) is 0 Å². The maximum atomic E-state index is 13.0. The van der Waals surface area contributed by atoms with Crippen molar-refractivity contribution >= 4 is 30.5 Å².